The predicted molar refractivity (Wildman–Crippen MR) is 71.5 cm³/mol. The van der Waals surface area contributed by atoms with Gasteiger partial charge in [-0.25, -0.2) is 0 Å². The molecule has 3 rings (SSSR count). The second kappa shape index (κ2) is 5.60. The van der Waals surface area contributed by atoms with Gasteiger partial charge in [-0.2, -0.15) is 0 Å². The number of nitrogens with one attached hydrogen (secondary N) is 1. The van der Waals surface area contributed by atoms with Crippen LogP contribution in [0.5, 0.6) is 0 Å². The summed E-state index contributed by atoms with van der Waals surface area (Å²) >= 11 is 0. The minimum absolute atomic E-state index is 0.562. The van der Waals surface area contributed by atoms with Gasteiger partial charge in [0.1, 0.15) is 0 Å². The Morgan fingerprint density at radius 1 is 1.00 bits per heavy atom. The summed E-state index contributed by atoms with van der Waals surface area (Å²) in [6.07, 6.45) is 12.0. The number of piperidine rings is 3. The third-order valence-electron chi connectivity index (χ3n) is 5.56. The van der Waals surface area contributed by atoms with Crippen molar-refractivity contribution in [1.29, 1.82) is 0 Å². The maximum absolute atomic E-state index is 11.2. The van der Waals surface area contributed by atoms with Crippen LogP contribution < -0.4 is 4.90 Å². The summed E-state index contributed by atoms with van der Waals surface area (Å²) in [7, 11) is 0. The zero-order valence-electron chi connectivity index (χ0n) is 11.4. The van der Waals surface area contributed by atoms with Crippen LogP contribution in [0.15, 0.2) is 0 Å². The molecule has 0 saturated carbocycles. The molecule has 0 radical (unpaired) electrons. The van der Waals surface area contributed by atoms with E-state index in [1.54, 1.807) is 0 Å². The molecular formula is C15H27N2O+. The van der Waals surface area contributed by atoms with E-state index >= 15 is 0 Å². The molecule has 1 unspecified atom stereocenters. The number of carbonyl (C=O) groups excluding carboxylic acids is 1. The molecule has 3 aliphatic heterocycles. The van der Waals surface area contributed by atoms with Crippen LogP contribution in [-0.2, 0) is 4.79 Å². The van der Waals surface area contributed by atoms with Crippen molar-refractivity contribution < 1.29 is 9.69 Å². The van der Waals surface area contributed by atoms with Crippen molar-refractivity contribution in [2.45, 2.75) is 63.5 Å². The lowest BCUT2D eigenvalue weighted by Crippen LogP contribution is -3.18. The van der Waals surface area contributed by atoms with Crippen molar-refractivity contribution in [3.05, 3.63) is 0 Å². The summed E-state index contributed by atoms with van der Waals surface area (Å²) < 4.78 is 0. The molecule has 3 heterocycles. The zero-order valence-corrected chi connectivity index (χ0v) is 11.4. The smallest absolute Gasteiger partial charge is 0.209 e. The molecular weight excluding hydrogens is 224 g/mol. The van der Waals surface area contributed by atoms with Gasteiger partial charge in [0.25, 0.3) is 0 Å². The van der Waals surface area contributed by atoms with Crippen LogP contribution in [0.1, 0.15) is 51.4 Å². The normalized spacial score (nSPS) is 41.2. The van der Waals surface area contributed by atoms with Gasteiger partial charge in [0.2, 0.25) is 6.41 Å². The van der Waals surface area contributed by atoms with E-state index in [-0.39, 0.29) is 0 Å². The fourth-order valence-electron chi connectivity index (χ4n) is 4.57. The van der Waals surface area contributed by atoms with Crippen LogP contribution in [0.3, 0.4) is 0 Å². The van der Waals surface area contributed by atoms with Gasteiger partial charge in [-0.1, -0.05) is 0 Å². The maximum atomic E-state index is 11.2. The second-order valence-electron chi connectivity index (χ2n) is 6.55. The molecule has 1 N–H and O–H groups in total. The first kappa shape index (κ1) is 12.5. The first-order valence-electron chi connectivity index (χ1n) is 7.94. The monoisotopic (exact) mass is 251 g/mol. The Kier molecular flexibility index (Phi) is 3.88. The van der Waals surface area contributed by atoms with Gasteiger partial charge in [0, 0.05) is 18.5 Å². The number of hydrogen-bond acceptors (Lipinski definition) is 1. The first-order chi connectivity index (χ1) is 8.88. The Labute approximate surface area is 111 Å². The van der Waals surface area contributed by atoms with E-state index in [1.165, 1.54) is 64.5 Å². The highest BCUT2D eigenvalue weighted by atomic mass is 16.1. The molecule has 0 aliphatic carbocycles. The van der Waals surface area contributed by atoms with Crippen molar-refractivity contribution in [2.24, 2.45) is 5.92 Å². The van der Waals surface area contributed by atoms with E-state index in [4.69, 9.17) is 0 Å². The lowest BCUT2D eigenvalue weighted by molar-refractivity contribution is -0.939. The van der Waals surface area contributed by atoms with Gasteiger partial charge < -0.3 is 9.80 Å². The fraction of sp³-hybridized carbons (Fsp3) is 0.933. The predicted octanol–water partition coefficient (Wildman–Crippen LogP) is 0.845. The summed E-state index contributed by atoms with van der Waals surface area (Å²) in [4.78, 5) is 15.2. The highest BCUT2D eigenvalue weighted by molar-refractivity contribution is 5.48. The van der Waals surface area contributed by atoms with Crippen molar-refractivity contribution >= 4 is 6.41 Å². The Hall–Kier alpha value is -0.570. The van der Waals surface area contributed by atoms with Crippen LogP contribution >= 0.6 is 0 Å². The highest BCUT2D eigenvalue weighted by Gasteiger charge is 2.39. The highest BCUT2D eigenvalue weighted by Crippen LogP contribution is 2.27. The van der Waals surface area contributed by atoms with E-state index in [0.717, 1.165) is 24.9 Å². The topological polar surface area (TPSA) is 24.8 Å². The Morgan fingerprint density at radius 3 is 2.78 bits per heavy atom. The van der Waals surface area contributed by atoms with E-state index < -0.39 is 0 Å². The molecule has 18 heavy (non-hydrogen) atoms. The Morgan fingerprint density at radius 2 is 1.89 bits per heavy atom. The van der Waals surface area contributed by atoms with Crippen molar-refractivity contribution in [2.75, 3.05) is 19.6 Å². The molecule has 3 nitrogen and oxygen atoms in total. The summed E-state index contributed by atoms with van der Waals surface area (Å²) in [5.74, 6) is 0.778. The number of amides is 1. The molecule has 0 aromatic carbocycles. The van der Waals surface area contributed by atoms with Crippen molar-refractivity contribution in [3.8, 4) is 0 Å². The van der Waals surface area contributed by atoms with Gasteiger partial charge >= 0.3 is 0 Å². The summed E-state index contributed by atoms with van der Waals surface area (Å²) in [5, 5.41) is 0. The average molecular weight is 251 g/mol. The molecule has 1 amide bonds. The third-order valence-corrected chi connectivity index (χ3v) is 5.56. The molecule has 4 atom stereocenters. The number of likely N-dealkylation sites (tertiary alicyclic amines) is 1. The lowest BCUT2D eigenvalue weighted by atomic mass is 9.81. The quantitative estimate of drug-likeness (QED) is 0.723. The van der Waals surface area contributed by atoms with Crippen LogP contribution in [0.4, 0.5) is 0 Å². The number of hydrogen-bond donors (Lipinski definition) is 1. The molecule has 3 saturated heterocycles. The SMILES string of the molecule is O=CN1CCCC[C@H]1[C@H]1CC[C@@H]2CCCC[NH+]2C1. The van der Waals surface area contributed by atoms with Gasteiger partial charge in [-0.05, 0) is 51.4 Å². The van der Waals surface area contributed by atoms with Crippen LogP contribution in [0.2, 0.25) is 0 Å². The molecule has 0 bridgehead atoms. The first-order valence-corrected chi connectivity index (χ1v) is 7.94. The summed E-state index contributed by atoms with van der Waals surface area (Å²) in [6, 6.07) is 1.51. The maximum Gasteiger partial charge on any atom is 0.209 e. The minimum atomic E-state index is 0.562. The molecule has 0 aromatic rings. The van der Waals surface area contributed by atoms with Crippen LogP contribution in [-0.4, -0.2) is 43.0 Å². The lowest BCUT2D eigenvalue weighted by Gasteiger charge is -2.45. The van der Waals surface area contributed by atoms with Crippen molar-refractivity contribution in [1.82, 2.24) is 4.90 Å². The molecule has 0 aromatic heterocycles. The van der Waals surface area contributed by atoms with E-state index in [9.17, 15) is 4.79 Å². The number of fused-ring (bicyclic) bond motifs is 1. The third kappa shape index (κ3) is 2.42. The number of quaternary nitrogens is 1. The summed E-state index contributed by atoms with van der Waals surface area (Å²) in [5.41, 5.74) is 0. The Bertz CT molecular complexity index is 294. The molecule has 3 fully saturated rings. The molecule has 3 heteroatoms. The van der Waals surface area contributed by atoms with E-state index in [2.05, 4.69) is 4.90 Å². The second-order valence-corrected chi connectivity index (χ2v) is 6.55. The molecule has 102 valence electrons. The number of rotatable bonds is 2. The average Bonchev–Trinajstić information content (AvgIpc) is 2.46. The minimum Gasteiger partial charge on any atom is -0.342 e. The number of nitrogens with zero attached hydrogens (tertiary/aromatic N) is 1. The standard InChI is InChI=1S/C15H26N2O/c18-12-17-10-4-2-6-15(17)13-7-8-14-5-1-3-9-16(14)11-13/h12-15H,1-11H2/p+1/t13-,14-,15-/m0/s1. The zero-order chi connectivity index (χ0) is 12.4. The number of carbonyl (C=O) groups is 1. The van der Waals surface area contributed by atoms with Crippen molar-refractivity contribution in [3.63, 3.8) is 0 Å². The van der Waals surface area contributed by atoms with Gasteiger partial charge in [-0.3, -0.25) is 4.79 Å². The van der Waals surface area contributed by atoms with E-state index in [0.29, 0.717) is 6.04 Å². The largest absolute Gasteiger partial charge is 0.342 e. The fourth-order valence-corrected chi connectivity index (χ4v) is 4.57. The van der Waals surface area contributed by atoms with Crippen LogP contribution in [0, 0.1) is 5.92 Å². The summed E-state index contributed by atoms with van der Waals surface area (Å²) in [6.45, 7) is 3.72. The van der Waals surface area contributed by atoms with Gasteiger partial charge in [-0.15, -0.1) is 0 Å². The van der Waals surface area contributed by atoms with E-state index in [1.807, 2.05) is 4.90 Å². The van der Waals surface area contributed by atoms with Gasteiger partial charge in [0.15, 0.2) is 0 Å². The molecule has 0 spiro atoms. The van der Waals surface area contributed by atoms with Crippen LogP contribution in [0.25, 0.3) is 0 Å². The Balaban J connectivity index is 1.63. The van der Waals surface area contributed by atoms with Gasteiger partial charge in [0.05, 0.1) is 19.1 Å². The molecule has 3 aliphatic rings.